The third-order valence-corrected chi connectivity index (χ3v) is 2.82. The normalized spacial score (nSPS) is 11.1. The molecule has 0 fully saturated rings. The van der Waals surface area contributed by atoms with Crippen molar-refractivity contribution in [1.82, 2.24) is 10.2 Å². The van der Waals surface area contributed by atoms with Gasteiger partial charge in [0.05, 0.1) is 0 Å². The fourth-order valence-corrected chi connectivity index (χ4v) is 1.86. The average Bonchev–Trinajstić information content (AvgIpc) is 2.31. The molecule has 1 rings (SSSR count). The maximum Gasteiger partial charge on any atom is 0.127 e. The number of rotatable bonds is 7. The molecule has 0 amide bonds. The Balaban J connectivity index is 2.64. The lowest BCUT2D eigenvalue weighted by Crippen LogP contribution is -2.20. The number of halogens is 1. The maximum absolute atomic E-state index is 13.6. The van der Waals surface area contributed by atoms with Crippen LogP contribution in [-0.2, 0) is 13.1 Å². The molecule has 2 nitrogen and oxygen atoms in total. The first-order chi connectivity index (χ1) is 8.17. The van der Waals surface area contributed by atoms with Crippen LogP contribution in [0.15, 0.2) is 18.2 Å². The average molecular weight is 238 g/mol. The van der Waals surface area contributed by atoms with Gasteiger partial charge in [-0.15, -0.1) is 0 Å². The van der Waals surface area contributed by atoms with Crippen LogP contribution in [0.25, 0.3) is 0 Å². The first-order valence-corrected chi connectivity index (χ1v) is 6.27. The van der Waals surface area contributed by atoms with E-state index in [1.54, 1.807) is 6.07 Å². The summed E-state index contributed by atoms with van der Waals surface area (Å²) in [5.41, 5.74) is 1.92. The maximum atomic E-state index is 13.6. The van der Waals surface area contributed by atoms with Gasteiger partial charge in [0.2, 0.25) is 0 Å². The van der Waals surface area contributed by atoms with E-state index in [0.717, 1.165) is 30.6 Å². The van der Waals surface area contributed by atoms with Crippen LogP contribution in [0.5, 0.6) is 0 Å². The van der Waals surface area contributed by atoms with Gasteiger partial charge < -0.3 is 10.2 Å². The van der Waals surface area contributed by atoms with Crippen molar-refractivity contribution in [2.24, 2.45) is 0 Å². The molecule has 0 aliphatic carbocycles. The Morgan fingerprint density at radius 3 is 2.76 bits per heavy atom. The largest absolute Gasteiger partial charge is 0.316 e. The highest BCUT2D eigenvalue weighted by Gasteiger charge is 2.06. The first-order valence-electron chi connectivity index (χ1n) is 6.27. The van der Waals surface area contributed by atoms with E-state index in [4.69, 9.17) is 0 Å². The summed E-state index contributed by atoms with van der Waals surface area (Å²) in [5, 5.41) is 3.08. The van der Waals surface area contributed by atoms with E-state index in [1.165, 1.54) is 6.42 Å². The van der Waals surface area contributed by atoms with E-state index in [0.29, 0.717) is 6.54 Å². The van der Waals surface area contributed by atoms with Crippen LogP contribution in [-0.4, -0.2) is 25.5 Å². The van der Waals surface area contributed by atoms with Gasteiger partial charge in [0, 0.05) is 18.7 Å². The summed E-state index contributed by atoms with van der Waals surface area (Å²) >= 11 is 0. The molecule has 17 heavy (non-hydrogen) atoms. The highest BCUT2D eigenvalue weighted by Crippen LogP contribution is 2.13. The molecular weight excluding hydrogens is 215 g/mol. The van der Waals surface area contributed by atoms with Gasteiger partial charge in [0.15, 0.2) is 0 Å². The van der Waals surface area contributed by atoms with Crippen molar-refractivity contribution in [3.63, 3.8) is 0 Å². The predicted octanol–water partition coefficient (Wildman–Crippen LogP) is 2.78. The molecule has 0 saturated heterocycles. The molecule has 0 heterocycles. The van der Waals surface area contributed by atoms with Crippen molar-refractivity contribution in [3.05, 3.63) is 35.1 Å². The molecule has 0 aliphatic rings. The van der Waals surface area contributed by atoms with Gasteiger partial charge in [-0.1, -0.05) is 25.5 Å². The summed E-state index contributed by atoms with van der Waals surface area (Å²) in [6.45, 7) is 4.66. The number of hydrogen-bond donors (Lipinski definition) is 1. The summed E-state index contributed by atoms with van der Waals surface area (Å²) in [4.78, 5) is 2.17. The Morgan fingerprint density at radius 2 is 2.12 bits per heavy atom. The topological polar surface area (TPSA) is 15.3 Å². The molecule has 0 radical (unpaired) electrons. The Kier molecular flexibility index (Phi) is 6.16. The highest BCUT2D eigenvalue weighted by atomic mass is 19.1. The van der Waals surface area contributed by atoms with Crippen molar-refractivity contribution >= 4 is 0 Å². The Labute approximate surface area is 104 Å². The Bertz CT molecular complexity index is 339. The number of benzene rings is 1. The van der Waals surface area contributed by atoms with Crippen molar-refractivity contribution < 1.29 is 4.39 Å². The van der Waals surface area contributed by atoms with Crippen LogP contribution in [0.2, 0.25) is 0 Å². The summed E-state index contributed by atoms with van der Waals surface area (Å²) in [7, 11) is 3.94. The minimum Gasteiger partial charge on any atom is -0.316 e. The van der Waals surface area contributed by atoms with Crippen LogP contribution in [0.4, 0.5) is 4.39 Å². The monoisotopic (exact) mass is 238 g/mol. The molecular formula is C14H23FN2. The van der Waals surface area contributed by atoms with Crippen molar-refractivity contribution in [3.8, 4) is 0 Å². The molecule has 1 aromatic rings. The van der Waals surface area contributed by atoms with Gasteiger partial charge in [-0.3, -0.25) is 0 Å². The highest BCUT2D eigenvalue weighted by molar-refractivity contribution is 5.25. The van der Waals surface area contributed by atoms with Crippen molar-refractivity contribution in [1.29, 1.82) is 0 Å². The van der Waals surface area contributed by atoms with Gasteiger partial charge in [0.25, 0.3) is 0 Å². The van der Waals surface area contributed by atoms with E-state index in [9.17, 15) is 4.39 Å². The van der Waals surface area contributed by atoms with E-state index in [-0.39, 0.29) is 5.82 Å². The second-order valence-electron chi connectivity index (χ2n) is 4.55. The first kappa shape index (κ1) is 14.1. The second-order valence-corrected chi connectivity index (χ2v) is 4.55. The van der Waals surface area contributed by atoms with E-state index in [2.05, 4.69) is 17.1 Å². The third kappa shape index (κ3) is 4.84. The number of unbranched alkanes of at least 4 members (excludes halogenated alkanes) is 1. The molecule has 0 atom stereocenters. The van der Waals surface area contributed by atoms with Crippen LogP contribution >= 0.6 is 0 Å². The summed E-state index contributed by atoms with van der Waals surface area (Å²) in [6, 6.07) is 5.35. The zero-order chi connectivity index (χ0) is 12.7. The van der Waals surface area contributed by atoms with Gasteiger partial charge in [0.1, 0.15) is 5.82 Å². The Hall–Kier alpha value is -0.930. The molecule has 96 valence electrons. The molecule has 0 unspecified atom stereocenters. The fraction of sp³-hybridized carbons (Fsp3) is 0.571. The minimum absolute atomic E-state index is 0.104. The predicted molar refractivity (Wildman–Crippen MR) is 70.4 cm³/mol. The van der Waals surface area contributed by atoms with Crippen LogP contribution in [0.1, 0.15) is 30.9 Å². The van der Waals surface area contributed by atoms with Gasteiger partial charge >= 0.3 is 0 Å². The lowest BCUT2D eigenvalue weighted by molar-refractivity contribution is 0.315. The summed E-state index contributed by atoms with van der Waals surface area (Å²) in [6.07, 6.45) is 2.33. The standard InChI is InChI=1S/C14H23FN2/c1-4-5-8-17(3)11-13-9-12(10-16-2)6-7-14(13)15/h6-7,9,16H,4-5,8,10-11H2,1-3H3. The van der Waals surface area contributed by atoms with E-state index < -0.39 is 0 Å². The molecule has 1 aromatic carbocycles. The van der Waals surface area contributed by atoms with Crippen LogP contribution < -0.4 is 5.32 Å². The smallest absolute Gasteiger partial charge is 0.127 e. The Morgan fingerprint density at radius 1 is 1.35 bits per heavy atom. The summed E-state index contributed by atoms with van der Waals surface area (Å²) < 4.78 is 13.6. The molecule has 0 saturated carbocycles. The number of hydrogen-bond acceptors (Lipinski definition) is 2. The van der Waals surface area contributed by atoms with Gasteiger partial charge in [-0.2, -0.15) is 0 Å². The lowest BCUT2D eigenvalue weighted by atomic mass is 10.1. The van der Waals surface area contributed by atoms with Crippen LogP contribution in [0, 0.1) is 5.82 Å². The molecule has 0 spiro atoms. The fourth-order valence-electron chi connectivity index (χ4n) is 1.86. The zero-order valence-electron chi connectivity index (χ0n) is 11.1. The number of nitrogens with zero attached hydrogens (tertiary/aromatic N) is 1. The van der Waals surface area contributed by atoms with Crippen molar-refractivity contribution in [2.45, 2.75) is 32.9 Å². The van der Waals surface area contributed by atoms with Crippen molar-refractivity contribution in [2.75, 3.05) is 20.6 Å². The van der Waals surface area contributed by atoms with Crippen LogP contribution in [0.3, 0.4) is 0 Å². The molecule has 3 heteroatoms. The van der Waals surface area contributed by atoms with Gasteiger partial charge in [-0.05, 0) is 38.7 Å². The van der Waals surface area contributed by atoms with E-state index >= 15 is 0 Å². The number of nitrogens with one attached hydrogen (secondary N) is 1. The third-order valence-electron chi connectivity index (χ3n) is 2.82. The zero-order valence-corrected chi connectivity index (χ0v) is 11.1. The molecule has 1 N–H and O–H groups in total. The lowest BCUT2D eigenvalue weighted by Gasteiger charge is -2.17. The summed E-state index contributed by atoms with van der Waals surface area (Å²) in [5.74, 6) is -0.104. The van der Waals surface area contributed by atoms with Gasteiger partial charge in [-0.25, -0.2) is 4.39 Å². The molecule has 0 aliphatic heterocycles. The quantitative estimate of drug-likeness (QED) is 0.786. The molecule has 0 aromatic heterocycles. The SMILES string of the molecule is CCCCN(C)Cc1cc(CNC)ccc1F. The molecule has 0 bridgehead atoms. The minimum atomic E-state index is -0.104. The second kappa shape index (κ2) is 7.41. The van der Waals surface area contributed by atoms with E-state index in [1.807, 2.05) is 26.2 Å².